The minimum absolute atomic E-state index is 0.0423. The topological polar surface area (TPSA) is 76.2 Å². The summed E-state index contributed by atoms with van der Waals surface area (Å²) >= 11 is 0. The number of carbonyl (C=O) groups excluding carboxylic acids is 1. The summed E-state index contributed by atoms with van der Waals surface area (Å²) < 4.78 is 44.3. The summed E-state index contributed by atoms with van der Waals surface area (Å²) in [5.41, 5.74) is 6.72. The number of hydrogen-bond acceptors (Lipinski definition) is 4. The third kappa shape index (κ3) is 9.16. The molecule has 2 atom stereocenters. The van der Waals surface area contributed by atoms with Crippen LogP contribution in [0.3, 0.4) is 0 Å². The minimum atomic E-state index is -0.704. The first-order valence-electron chi connectivity index (χ1n) is 14.4. The fourth-order valence-corrected chi connectivity index (χ4v) is 4.95. The van der Waals surface area contributed by atoms with Gasteiger partial charge in [-0.05, 0) is 48.6 Å². The van der Waals surface area contributed by atoms with Crippen molar-refractivity contribution in [1.82, 2.24) is 19.8 Å². The highest BCUT2D eigenvalue weighted by atomic mass is 19.1. The molecule has 3 N–H and O–H groups in total. The van der Waals surface area contributed by atoms with E-state index in [1.54, 1.807) is 11.1 Å². The summed E-state index contributed by atoms with van der Waals surface area (Å²) in [6.07, 6.45) is 5.08. The SMILES string of the molecule is CCCCCNCC(=O)N(CCC(N)CF)C(c1nc(-c2cc(F)ccc2F)cn1Cc1ccccc1)C(C)(C)C. The Bertz CT molecular complexity index is 1240. The van der Waals surface area contributed by atoms with E-state index in [4.69, 9.17) is 10.7 Å². The number of nitrogens with two attached hydrogens (primary N) is 1. The average Bonchev–Trinajstić information content (AvgIpc) is 3.33. The second-order valence-corrected chi connectivity index (χ2v) is 11.7. The van der Waals surface area contributed by atoms with Gasteiger partial charge < -0.3 is 20.5 Å². The molecular formula is C32H44F3N5O. The van der Waals surface area contributed by atoms with E-state index in [1.807, 2.05) is 55.7 Å². The Kier molecular flexibility index (Phi) is 12.0. The summed E-state index contributed by atoms with van der Waals surface area (Å²) in [5.74, 6) is -0.778. The summed E-state index contributed by atoms with van der Waals surface area (Å²) in [6.45, 7) is 8.91. The Hall–Kier alpha value is -3.17. The first kappa shape index (κ1) is 32.3. The van der Waals surface area contributed by atoms with Gasteiger partial charge in [-0.15, -0.1) is 0 Å². The second-order valence-electron chi connectivity index (χ2n) is 11.7. The highest BCUT2D eigenvalue weighted by molar-refractivity contribution is 5.79. The number of rotatable bonds is 15. The lowest BCUT2D eigenvalue weighted by Gasteiger charge is -2.40. The van der Waals surface area contributed by atoms with Gasteiger partial charge >= 0.3 is 0 Å². The van der Waals surface area contributed by atoms with Crippen LogP contribution < -0.4 is 11.1 Å². The van der Waals surface area contributed by atoms with Crippen LogP contribution in [0, 0.1) is 17.0 Å². The smallest absolute Gasteiger partial charge is 0.237 e. The maximum Gasteiger partial charge on any atom is 0.237 e. The highest BCUT2D eigenvalue weighted by Crippen LogP contribution is 2.39. The van der Waals surface area contributed by atoms with E-state index in [2.05, 4.69) is 12.2 Å². The van der Waals surface area contributed by atoms with Crippen LogP contribution >= 0.6 is 0 Å². The summed E-state index contributed by atoms with van der Waals surface area (Å²) in [5, 5.41) is 3.24. The van der Waals surface area contributed by atoms with Gasteiger partial charge in [0.2, 0.25) is 5.91 Å². The molecule has 224 valence electrons. The van der Waals surface area contributed by atoms with Crippen molar-refractivity contribution in [1.29, 1.82) is 0 Å². The molecule has 0 spiro atoms. The molecule has 41 heavy (non-hydrogen) atoms. The maximum absolute atomic E-state index is 14.9. The van der Waals surface area contributed by atoms with E-state index in [-0.39, 0.29) is 36.7 Å². The number of amides is 1. The van der Waals surface area contributed by atoms with Crippen LogP contribution in [0.5, 0.6) is 0 Å². The van der Waals surface area contributed by atoms with Gasteiger partial charge in [0, 0.05) is 30.9 Å². The van der Waals surface area contributed by atoms with Gasteiger partial charge in [-0.2, -0.15) is 0 Å². The summed E-state index contributed by atoms with van der Waals surface area (Å²) in [4.78, 5) is 20.3. The Morgan fingerprint density at radius 3 is 2.51 bits per heavy atom. The molecule has 0 aliphatic rings. The van der Waals surface area contributed by atoms with Crippen LogP contribution in [0.4, 0.5) is 13.2 Å². The standard InChI is InChI=1S/C32H44F3N5O/c1-5-6-10-16-37-20-29(41)40(17-15-25(36)19-33)30(32(2,3)4)31-38-28(26-18-24(34)13-14-27(26)35)22-39(31)21-23-11-8-7-9-12-23/h7-9,11-14,18,22,25,30,37H,5-6,10,15-17,19-21,36H2,1-4H3. The number of carbonyl (C=O) groups is 1. The molecular weight excluding hydrogens is 527 g/mol. The molecule has 3 rings (SSSR count). The lowest BCUT2D eigenvalue weighted by atomic mass is 9.84. The lowest BCUT2D eigenvalue weighted by molar-refractivity contribution is -0.135. The number of imidazole rings is 1. The number of hydrogen-bond donors (Lipinski definition) is 2. The molecule has 0 saturated heterocycles. The molecule has 0 saturated carbocycles. The molecule has 9 heteroatoms. The summed E-state index contributed by atoms with van der Waals surface area (Å²) in [6, 6.07) is 11.7. The highest BCUT2D eigenvalue weighted by Gasteiger charge is 2.38. The molecule has 1 aromatic heterocycles. The maximum atomic E-state index is 14.9. The van der Waals surface area contributed by atoms with E-state index < -0.39 is 35.8 Å². The quantitative estimate of drug-likeness (QED) is 0.211. The van der Waals surface area contributed by atoms with E-state index in [0.29, 0.717) is 18.9 Å². The third-order valence-electron chi connectivity index (χ3n) is 7.08. The number of alkyl halides is 1. The third-order valence-corrected chi connectivity index (χ3v) is 7.08. The van der Waals surface area contributed by atoms with Crippen molar-refractivity contribution in [2.45, 2.75) is 72.0 Å². The molecule has 2 aromatic carbocycles. The number of unbranched alkanes of at least 4 members (excludes halogenated alkanes) is 2. The van der Waals surface area contributed by atoms with Gasteiger partial charge in [-0.3, -0.25) is 4.79 Å². The largest absolute Gasteiger partial charge is 0.331 e. The molecule has 0 aliphatic heterocycles. The Balaban J connectivity index is 2.10. The zero-order valence-corrected chi connectivity index (χ0v) is 24.7. The number of nitrogens with zero attached hydrogens (tertiary/aromatic N) is 3. The van der Waals surface area contributed by atoms with Gasteiger partial charge in [-0.25, -0.2) is 18.2 Å². The first-order chi connectivity index (χ1) is 19.5. The van der Waals surface area contributed by atoms with Gasteiger partial charge in [0.15, 0.2) is 0 Å². The predicted molar refractivity (Wildman–Crippen MR) is 158 cm³/mol. The van der Waals surface area contributed by atoms with Crippen LogP contribution in [0.25, 0.3) is 11.3 Å². The zero-order chi connectivity index (χ0) is 30.0. The Labute approximate surface area is 242 Å². The fourth-order valence-electron chi connectivity index (χ4n) is 4.95. The molecule has 2 unspecified atom stereocenters. The molecule has 0 fully saturated rings. The first-order valence-corrected chi connectivity index (χ1v) is 14.4. The average molecular weight is 572 g/mol. The minimum Gasteiger partial charge on any atom is -0.331 e. The van der Waals surface area contributed by atoms with Crippen LogP contribution in [0.15, 0.2) is 54.7 Å². The lowest BCUT2D eigenvalue weighted by Crippen LogP contribution is -2.47. The van der Waals surface area contributed by atoms with Gasteiger partial charge in [-0.1, -0.05) is 70.9 Å². The van der Waals surface area contributed by atoms with Gasteiger partial charge in [0.05, 0.1) is 18.3 Å². The van der Waals surface area contributed by atoms with E-state index in [1.165, 1.54) is 0 Å². The summed E-state index contributed by atoms with van der Waals surface area (Å²) in [7, 11) is 0. The second kappa shape index (κ2) is 15.2. The van der Waals surface area contributed by atoms with E-state index in [9.17, 15) is 18.0 Å². The van der Waals surface area contributed by atoms with Crippen LogP contribution in [0.2, 0.25) is 0 Å². The van der Waals surface area contributed by atoms with Crippen molar-refractivity contribution in [2.75, 3.05) is 26.3 Å². The molecule has 1 amide bonds. The van der Waals surface area contributed by atoms with Crippen LogP contribution in [0.1, 0.15) is 70.8 Å². The molecule has 0 radical (unpaired) electrons. The molecule has 6 nitrogen and oxygen atoms in total. The van der Waals surface area contributed by atoms with Crippen molar-refractivity contribution in [3.8, 4) is 11.3 Å². The van der Waals surface area contributed by atoms with Crippen molar-refractivity contribution in [3.05, 3.63) is 77.8 Å². The van der Waals surface area contributed by atoms with Gasteiger partial charge in [0.1, 0.15) is 24.1 Å². The van der Waals surface area contributed by atoms with E-state index in [0.717, 1.165) is 43.0 Å². The monoisotopic (exact) mass is 571 g/mol. The number of nitrogens with one attached hydrogen (secondary N) is 1. The van der Waals surface area contributed by atoms with Crippen molar-refractivity contribution >= 4 is 5.91 Å². The van der Waals surface area contributed by atoms with Crippen LogP contribution in [-0.4, -0.2) is 52.7 Å². The number of aromatic nitrogens is 2. The normalized spacial score (nSPS) is 13.3. The van der Waals surface area contributed by atoms with E-state index >= 15 is 0 Å². The van der Waals surface area contributed by atoms with Crippen molar-refractivity contribution in [3.63, 3.8) is 0 Å². The molecule has 0 bridgehead atoms. The predicted octanol–water partition coefficient (Wildman–Crippen LogP) is 6.26. The molecule has 1 heterocycles. The van der Waals surface area contributed by atoms with Crippen LogP contribution in [-0.2, 0) is 11.3 Å². The Morgan fingerprint density at radius 2 is 1.85 bits per heavy atom. The Morgan fingerprint density at radius 1 is 1.12 bits per heavy atom. The van der Waals surface area contributed by atoms with Gasteiger partial charge in [0.25, 0.3) is 0 Å². The number of benzene rings is 2. The zero-order valence-electron chi connectivity index (χ0n) is 24.7. The number of halogens is 3. The molecule has 3 aromatic rings. The fraction of sp³-hybridized carbons (Fsp3) is 0.500. The van der Waals surface area contributed by atoms with Crippen molar-refractivity contribution in [2.24, 2.45) is 11.1 Å². The molecule has 0 aliphatic carbocycles. The van der Waals surface area contributed by atoms with Crippen molar-refractivity contribution < 1.29 is 18.0 Å².